The van der Waals surface area contributed by atoms with E-state index in [0.29, 0.717) is 0 Å². The molecule has 1 aromatic rings. The van der Waals surface area contributed by atoms with Crippen LogP contribution >= 0.6 is 0 Å². The molecule has 1 amide bonds. The van der Waals surface area contributed by atoms with Crippen LogP contribution in [0.15, 0.2) is 30.3 Å². The van der Waals surface area contributed by atoms with Crippen molar-refractivity contribution < 1.29 is 29.3 Å². The van der Waals surface area contributed by atoms with Crippen molar-refractivity contribution in [2.75, 3.05) is 6.54 Å². The molecule has 0 radical (unpaired) electrons. The van der Waals surface area contributed by atoms with E-state index >= 15 is 0 Å². The molecule has 1 aliphatic heterocycles. The van der Waals surface area contributed by atoms with Crippen LogP contribution in [0.1, 0.15) is 25.3 Å². The lowest BCUT2D eigenvalue weighted by atomic mass is 9.72. The quantitative estimate of drug-likeness (QED) is 0.830. The molecule has 1 aliphatic rings. The van der Waals surface area contributed by atoms with Gasteiger partial charge < -0.3 is 14.9 Å². The number of ether oxygens (including phenoxy) is 1. The zero-order chi connectivity index (χ0) is 17.0. The molecule has 1 aromatic carbocycles. The smallest absolute Gasteiger partial charge is 0.411 e. The van der Waals surface area contributed by atoms with Crippen LogP contribution in [0.5, 0.6) is 0 Å². The van der Waals surface area contributed by atoms with Gasteiger partial charge in [0.2, 0.25) is 0 Å². The van der Waals surface area contributed by atoms with Crippen molar-refractivity contribution in [2.24, 2.45) is 5.92 Å². The van der Waals surface area contributed by atoms with E-state index in [4.69, 9.17) is 9.84 Å². The van der Waals surface area contributed by atoms with Crippen LogP contribution < -0.4 is 0 Å². The van der Waals surface area contributed by atoms with Crippen molar-refractivity contribution in [3.05, 3.63) is 35.9 Å². The van der Waals surface area contributed by atoms with Gasteiger partial charge in [0.25, 0.3) is 0 Å². The fourth-order valence-electron chi connectivity index (χ4n) is 2.89. The van der Waals surface area contributed by atoms with Crippen LogP contribution in [-0.2, 0) is 20.9 Å². The van der Waals surface area contributed by atoms with Gasteiger partial charge in [-0.25, -0.2) is 9.59 Å². The number of carboxylic acid groups (broad SMARTS) is 2. The number of carboxylic acids is 2. The number of likely N-dealkylation sites (tertiary alicyclic amines) is 1. The number of carbonyl (C=O) groups excluding carboxylic acids is 1. The fourth-order valence-corrected chi connectivity index (χ4v) is 2.89. The molecule has 1 saturated heterocycles. The van der Waals surface area contributed by atoms with E-state index in [1.54, 1.807) is 19.1 Å². The molecule has 7 nitrogen and oxygen atoms in total. The Balaban J connectivity index is 2.06. The SMILES string of the molecule is C[C@H]1CN(C(=O)OCc2ccccc2)[C@@]1(CCC(=O)O)C(=O)O. The number of hydrogen-bond donors (Lipinski definition) is 2. The molecular formula is C16H19NO6. The number of benzene rings is 1. The maximum Gasteiger partial charge on any atom is 0.411 e. The van der Waals surface area contributed by atoms with E-state index in [1.165, 1.54) is 0 Å². The second kappa shape index (κ2) is 6.68. The average Bonchev–Trinajstić information content (AvgIpc) is 2.51. The van der Waals surface area contributed by atoms with Crippen molar-refractivity contribution in [1.29, 1.82) is 0 Å². The molecule has 0 unspecified atom stereocenters. The summed E-state index contributed by atoms with van der Waals surface area (Å²) in [5, 5.41) is 18.3. The van der Waals surface area contributed by atoms with E-state index in [-0.39, 0.29) is 31.9 Å². The first-order chi connectivity index (χ1) is 10.9. The van der Waals surface area contributed by atoms with Crippen LogP contribution in [-0.4, -0.2) is 45.2 Å². The molecule has 0 aromatic heterocycles. The number of hydrogen-bond acceptors (Lipinski definition) is 4. The predicted octanol–water partition coefficient (Wildman–Crippen LogP) is 1.96. The van der Waals surface area contributed by atoms with Crippen molar-refractivity contribution in [3.8, 4) is 0 Å². The standard InChI is InChI=1S/C16H19NO6/c1-11-9-17(16(11,14(20)21)8-7-13(18)19)15(22)23-10-12-5-3-2-4-6-12/h2-6,11H,7-10H2,1H3,(H,18,19)(H,20,21)/t11-,16+/m0/s1. The summed E-state index contributed by atoms with van der Waals surface area (Å²) in [6, 6.07) is 9.04. The fraction of sp³-hybridized carbons (Fsp3) is 0.438. The van der Waals surface area contributed by atoms with Crippen LogP contribution in [0.25, 0.3) is 0 Å². The second-order valence-electron chi connectivity index (χ2n) is 5.67. The lowest BCUT2D eigenvalue weighted by molar-refractivity contribution is -0.169. The van der Waals surface area contributed by atoms with Gasteiger partial charge in [0, 0.05) is 18.9 Å². The maximum atomic E-state index is 12.2. The minimum absolute atomic E-state index is 0.0409. The average molecular weight is 321 g/mol. The van der Waals surface area contributed by atoms with Crippen molar-refractivity contribution in [3.63, 3.8) is 0 Å². The number of nitrogens with zero attached hydrogens (tertiary/aromatic N) is 1. The summed E-state index contributed by atoms with van der Waals surface area (Å²) in [7, 11) is 0. The Morgan fingerprint density at radius 1 is 1.26 bits per heavy atom. The Labute approximate surface area is 133 Å². The van der Waals surface area contributed by atoms with Crippen LogP contribution in [0, 0.1) is 5.92 Å². The van der Waals surface area contributed by atoms with Gasteiger partial charge in [-0.05, 0) is 12.0 Å². The highest BCUT2D eigenvalue weighted by Crippen LogP contribution is 2.41. The summed E-state index contributed by atoms with van der Waals surface area (Å²) in [6.07, 6.45) is -1.20. The summed E-state index contributed by atoms with van der Waals surface area (Å²) < 4.78 is 5.17. The molecule has 1 heterocycles. The summed E-state index contributed by atoms with van der Waals surface area (Å²) in [4.78, 5) is 35.8. The van der Waals surface area contributed by atoms with E-state index in [0.717, 1.165) is 10.5 Å². The van der Waals surface area contributed by atoms with Gasteiger partial charge in [-0.2, -0.15) is 0 Å². The molecule has 0 spiro atoms. The number of aliphatic carboxylic acids is 2. The lowest BCUT2D eigenvalue weighted by Gasteiger charge is -2.53. The van der Waals surface area contributed by atoms with E-state index in [1.807, 2.05) is 18.2 Å². The van der Waals surface area contributed by atoms with Gasteiger partial charge in [0.05, 0.1) is 0 Å². The molecule has 124 valence electrons. The summed E-state index contributed by atoms with van der Waals surface area (Å²) >= 11 is 0. The Kier molecular flexibility index (Phi) is 4.88. The van der Waals surface area contributed by atoms with Crippen LogP contribution in [0.2, 0.25) is 0 Å². The normalized spacial score (nSPS) is 23.0. The van der Waals surface area contributed by atoms with E-state index in [2.05, 4.69) is 0 Å². The summed E-state index contributed by atoms with van der Waals surface area (Å²) in [5.74, 6) is -2.62. The summed E-state index contributed by atoms with van der Waals surface area (Å²) in [6.45, 7) is 1.97. The highest BCUT2D eigenvalue weighted by atomic mass is 16.6. The highest BCUT2D eigenvalue weighted by molar-refractivity contribution is 5.87. The molecule has 23 heavy (non-hydrogen) atoms. The van der Waals surface area contributed by atoms with Crippen molar-refractivity contribution in [2.45, 2.75) is 31.9 Å². The van der Waals surface area contributed by atoms with Crippen molar-refractivity contribution >= 4 is 18.0 Å². The van der Waals surface area contributed by atoms with Gasteiger partial charge in [0.1, 0.15) is 12.1 Å². The van der Waals surface area contributed by atoms with Gasteiger partial charge in [-0.1, -0.05) is 37.3 Å². The third kappa shape index (κ3) is 3.28. The molecule has 2 atom stereocenters. The first kappa shape index (κ1) is 16.8. The third-order valence-electron chi connectivity index (χ3n) is 4.27. The monoisotopic (exact) mass is 321 g/mol. The number of amides is 1. The number of carbonyl (C=O) groups is 3. The van der Waals surface area contributed by atoms with Crippen molar-refractivity contribution in [1.82, 2.24) is 4.90 Å². The van der Waals surface area contributed by atoms with E-state index < -0.39 is 23.6 Å². The van der Waals surface area contributed by atoms with E-state index in [9.17, 15) is 19.5 Å². The molecule has 2 N–H and O–H groups in total. The first-order valence-corrected chi connectivity index (χ1v) is 7.31. The Bertz CT molecular complexity index is 602. The molecule has 0 bridgehead atoms. The Morgan fingerprint density at radius 2 is 1.91 bits per heavy atom. The minimum Gasteiger partial charge on any atom is -0.481 e. The molecule has 0 saturated carbocycles. The minimum atomic E-state index is -1.51. The molecule has 7 heteroatoms. The second-order valence-corrected chi connectivity index (χ2v) is 5.67. The lowest BCUT2D eigenvalue weighted by Crippen LogP contribution is -2.72. The Morgan fingerprint density at radius 3 is 2.43 bits per heavy atom. The number of rotatable bonds is 6. The molecular weight excluding hydrogens is 302 g/mol. The molecule has 0 aliphatic carbocycles. The zero-order valence-electron chi connectivity index (χ0n) is 12.8. The van der Waals surface area contributed by atoms with Gasteiger partial charge >= 0.3 is 18.0 Å². The van der Waals surface area contributed by atoms with Crippen LogP contribution in [0.3, 0.4) is 0 Å². The molecule has 1 fully saturated rings. The maximum absolute atomic E-state index is 12.2. The van der Waals surface area contributed by atoms with Gasteiger partial charge in [-0.15, -0.1) is 0 Å². The molecule has 2 rings (SSSR count). The zero-order valence-corrected chi connectivity index (χ0v) is 12.8. The highest BCUT2D eigenvalue weighted by Gasteiger charge is 2.59. The summed E-state index contributed by atoms with van der Waals surface area (Å²) in [5.41, 5.74) is -0.715. The first-order valence-electron chi connectivity index (χ1n) is 7.31. The Hall–Kier alpha value is -2.57. The largest absolute Gasteiger partial charge is 0.481 e. The van der Waals surface area contributed by atoms with Gasteiger partial charge in [-0.3, -0.25) is 9.69 Å². The predicted molar refractivity (Wildman–Crippen MR) is 79.7 cm³/mol. The van der Waals surface area contributed by atoms with Crippen LogP contribution in [0.4, 0.5) is 4.79 Å². The topological polar surface area (TPSA) is 104 Å². The third-order valence-corrected chi connectivity index (χ3v) is 4.27. The van der Waals surface area contributed by atoms with Gasteiger partial charge in [0.15, 0.2) is 0 Å².